The molecule has 9 heteroatoms. The van der Waals surface area contributed by atoms with Crippen LogP contribution < -0.4 is 21.8 Å². The Morgan fingerprint density at radius 2 is 0.925 bits per heavy atom. The van der Waals surface area contributed by atoms with Crippen molar-refractivity contribution in [1.29, 1.82) is 0 Å². The van der Waals surface area contributed by atoms with Crippen molar-refractivity contribution in [3.63, 3.8) is 0 Å². The van der Waals surface area contributed by atoms with E-state index in [0.29, 0.717) is 37.8 Å². The molecule has 0 unspecified atom stereocenters. The third kappa shape index (κ3) is 9.82. The minimum atomic E-state index is -2.35. The number of rotatable bonds is 12. The van der Waals surface area contributed by atoms with Crippen molar-refractivity contribution in [3.05, 3.63) is 130 Å². The molecule has 0 bridgehead atoms. The molecule has 280 valence electrons. The molecule has 53 heavy (non-hydrogen) atoms. The summed E-state index contributed by atoms with van der Waals surface area (Å²) in [6.45, 7) is 13.3. The van der Waals surface area contributed by atoms with Crippen LogP contribution in [0.2, 0.25) is 26.2 Å². The zero-order chi connectivity index (χ0) is 37.6. The Hall–Kier alpha value is -3.87. The lowest BCUT2D eigenvalue weighted by Crippen LogP contribution is -2.57. The minimum Gasteiger partial charge on any atom is -0.449 e. The molecule has 0 atom stereocenters. The molecular formula is C44H58N4O3Si2. The molecule has 4 aromatic carbocycles. The first-order chi connectivity index (χ1) is 25.4. The van der Waals surface area contributed by atoms with E-state index in [2.05, 4.69) is 123 Å². The Kier molecular flexibility index (Phi) is 12.5. The van der Waals surface area contributed by atoms with E-state index in [-0.39, 0.29) is 11.8 Å². The van der Waals surface area contributed by atoms with Crippen molar-refractivity contribution in [3.8, 4) is 0 Å². The molecule has 2 saturated heterocycles. The van der Waals surface area contributed by atoms with Gasteiger partial charge in [-0.1, -0.05) is 97.1 Å². The largest absolute Gasteiger partial charge is 0.449 e. The molecule has 2 heterocycles. The van der Waals surface area contributed by atoms with E-state index in [0.717, 1.165) is 74.1 Å². The van der Waals surface area contributed by atoms with Gasteiger partial charge in [0.2, 0.25) is 28.4 Å². The SMILES string of the molecule is C[Si](C)(O[Si](C)(C)c1cccc(CC(=O)N2CCC(c3cccc(CN)c3)CC2)c1)c1cccc(CC(=O)N2CCC(c3cccc(CN)c3)CC2)c1. The Morgan fingerprint density at radius 1 is 0.566 bits per heavy atom. The van der Waals surface area contributed by atoms with Crippen molar-refractivity contribution in [2.45, 2.75) is 89.6 Å². The van der Waals surface area contributed by atoms with Gasteiger partial charge in [0.05, 0.1) is 12.8 Å². The van der Waals surface area contributed by atoms with Crippen LogP contribution in [0.25, 0.3) is 0 Å². The lowest BCUT2D eigenvalue weighted by Gasteiger charge is -2.35. The minimum absolute atomic E-state index is 0.194. The van der Waals surface area contributed by atoms with Crippen molar-refractivity contribution in [1.82, 2.24) is 9.80 Å². The van der Waals surface area contributed by atoms with E-state index in [1.54, 1.807) is 0 Å². The zero-order valence-corrected chi connectivity index (χ0v) is 34.2. The van der Waals surface area contributed by atoms with E-state index in [4.69, 9.17) is 15.6 Å². The number of nitrogens with zero attached hydrogens (tertiary/aromatic N) is 2. The van der Waals surface area contributed by atoms with Gasteiger partial charge < -0.3 is 25.4 Å². The molecule has 7 nitrogen and oxygen atoms in total. The molecule has 2 fully saturated rings. The van der Waals surface area contributed by atoms with E-state index >= 15 is 0 Å². The second kappa shape index (κ2) is 17.1. The van der Waals surface area contributed by atoms with Crippen molar-refractivity contribution < 1.29 is 13.7 Å². The van der Waals surface area contributed by atoms with E-state index in [1.165, 1.54) is 21.5 Å². The lowest BCUT2D eigenvalue weighted by atomic mass is 9.88. The number of carbonyl (C=O) groups excluding carboxylic acids is 2. The third-order valence-corrected chi connectivity index (χ3v) is 19.0. The van der Waals surface area contributed by atoms with Crippen molar-refractivity contribution in [2.24, 2.45) is 11.5 Å². The maximum absolute atomic E-state index is 13.5. The number of amides is 2. The van der Waals surface area contributed by atoms with Crippen LogP contribution in [0.15, 0.2) is 97.1 Å². The number of carbonyl (C=O) groups is 2. The number of benzene rings is 4. The van der Waals surface area contributed by atoms with Gasteiger partial charge in [-0.25, -0.2) is 0 Å². The molecule has 2 aliphatic rings. The number of hydrogen-bond acceptors (Lipinski definition) is 5. The summed E-state index contributed by atoms with van der Waals surface area (Å²) in [6.07, 6.45) is 4.72. The van der Waals surface area contributed by atoms with Gasteiger partial charge >= 0.3 is 0 Å². The molecule has 0 aromatic heterocycles. The molecule has 0 radical (unpaired) electrons. The van der Waals surface area contributed by atoms with Crippen LogP contribution >= 0.6 is 0 Å². The molecule has 0 spiro atoms. The van der Waals surface area contributed by atoms with Crippen molar-refractivity contribution >= 4 is 38.8 Å². The Morgan fingerprint density at radius 3 is 1.30 bits per heavy atom. The normalized spacial score (nSPS) is 16.2. The van der Waals surface area contributed by atoms with Gasteiger partial charge in [-0.15, -0.1) is 0 Å². The zero-order valence-electron chi connectivity index (χ0n) is 32.2. The number of nitrogens with two attached hydrogens (primary N) is 2. The van der Waals surface area contributed by atoms with Crippen LogP contribution in [-0.4, -0.2) is 64.4 Å². The highest BCUT2D eigenvalue weighted by molar-refractivity contribution is 6.96. The second-order valence-corrected chi connectivity index (χ2v) is 24.1. The van der Waals surface area contributed by atoms with Gasteiger partial charge in [0.1, 0.15) is 0 Å². The maximum atomic E-state index is 13.5. The van der Waals surface area contributed by atoms with E-state index in [1.807, 2.05) is 9.80 Å². The molecule has 2 amide bonds. The molecule has 0 saturated carbocycles. The first kappa shape index (κ1) is 38.8. The predicted octanol–water partition coefficient (Wildman–Crippen LogP) is 6.04. The van der Waals surface area contributed by atoms with Crippen LogP contribution in [0.5, 0.6) is 0 Å². The standard InChI is InChI=1S/C44H58N4O3Si2/c1-52(2,41-15-7-9-33(27-41)29-43(49)47-21-17-37(18-22-47)39-13-5-11-35(25-39)31-45)51-53(3,4)42-16-8-10-34(28-42)30-44(50)48-23-19-38(20-24-48)40-14-6-12-36(26-40)32-46/h5-16,25-28,37-38H,17-24,29-32,45-46H2,1-4H3. The third-order valence-electron chi connectivity index (χ3n) is 11.5. The molecule has 0 aliphatic carbocycles. The maximum Gasteiger partial charge on any atom is 0.226 e. The smallest absolute Gasteiger partial charge is 0.226 e. The fraction of sp³-hybridized carbons (Fsp3) is 0.409. The fourth-order valence-corrected chi connectivity index (χ4v) is 16.4. The predicted molar refractivity (Wildman–Crippen MR) is 221 cm³/mol. The molecular weight excluding hydrogens is 689 g/mol. The Balaban J connectivity index is 1.03. The summed E-state index contributed by atoms with van der Waals surface area (Å²) in [5.41, 5.74) is 18.8. The van der Waals surface area contributed by atoms with E-state index < -0.39 is 16.6 Å². The first-order valence-electron chi connectivity index (χ1n) is 19.5. The second-order valence-electron chi connectivity index (χ2n) is 16.1. The average molecular weight is 747 g/mol. The molecule has 6 rings (SSSR count). The first-order valence-corrected chi connectivity index (χ1v) is 25.3. The monoisotopic (exact) mass is 746 g/mol. The van der Waals surface area contributed by atoms with E-state index in [9.17, 15) is 9.59 Å². The lowest BCUT2D eigenvalue weighted by molar-refractivity contribution is -0.132. The molecule has 2 aliphatic heterocycles. The van der Waals surface area contributed by atoms with Gasteiger partial charge in [0.25, 0.3) is 0 Å². The molecule has 4 aromatic rings. The van der Waals surface area contributed by atoms with Crippen LogP contribution in [-0.2, 0) is 39.6 Å². The molecule has 4 N–H and O–H groups in total. The van der Waals surface area contributed by atoms with Crippen LogP contribution in [0.3, 0.4) is 0 Å². The fourth-order valence-electron chi connectivity index (χ4n) is 8.31. The van der Waals surface area contributed by atoms with Crippen LogP contribution in [0.1, 0.15) is 70.9 Å². The quantitative estimate of drug-likeness (QED) is 0.172. The summed E-state index contributed by atoms with van der Waals surface area (Å²) < 4.78 is 7.16. The van der Waals surface area contributed by atoms with Gasteiger partial charge in [0, 0.05) is 39.3 Å². The van der Waals surface area contributed by atoms with Gasteiger partial charge in [-0.05, 0) is 107 Å². The van der Waals surface area contributed by atoms with Gasteiger partial charge in [0.15, 0.2) is 0 Å². The highest BCUT2D eigenvalue weighted by atomic mass is 28.4. The number of piperidine rings is 2. The average Bonchev–Trinajstić information content (AvgIpc) is 3.18. The summed E-state index contributed by atoms with van der Waals surface area (Å²) in [7, 11) is -4.69. The van der Waals surface area contributed by atoms with Gasteiger partial charge in [-0.2, -0.15) is 0 Å². The number of likely N-dealkylation sites (tertiary alicyclic amines) is 2. The highest BCUT2D eigenvalue weighted by Gasteiger charge is 2.36. The topological polar surface area (TPSA) is 102 Å². The number of hydrogen-bond donors (Lipinski definition) is 2. The van der Waals surface area contributed by atoms with Gasteiger partial charge in [-0.3, -0.25) is 9.59 Å². The van der Waals surface area contributed by atoms with Crippen LogP contribution in [0.4, 0.5) is 0 Å². The summed E-state index contributed by atoms with van der Waals surface area (Å²) in [4.78, 5) is 31.0. The Bertz CT molecular complexity index is 1740. The summed E-state index contributed by atoms with van der Waals surface area (Å²) in [5, 5.41) is 2.40. The highest BCUT2D eigenvalue weighted by Crippen LogP contribution is 2.30. The van der Waals surface area contributed by atoms with Crippen molar-refractivity contribution in [2.75, 3.05) is 26.2 Å². The Labute approximate surface area is 319 Å². The van der Waals surface area contributed by atoms with Crippen LogP contribution in [0, 0.1) is 0 Å². The summed E-state index contributed by atoms with van der Waals surface area (Å²) in [5.74, 6) is 1.33. The summed E-state index contributed by atoms with van der Waals surface area (Å²) in [6, 6.07) is 34.2. The summed E-state index contributed by atoms with van der Waals surface area (Å²) >= 11 is 0.